The Labute approximate surface area is 118 Å². The molecule has 1 rings (SSSR count). The van der Waals surface area contributed by atoms with E-state index in [0.717, 1.165) is 5.56 Å². The van der Waals surface area contributed by atoms with Crippen LogP contribution >= 0.6 is 11.6 Å². The summed E-state index contributed by atoms with van der Waals surface area (Å²) in [6.45, 7) is 3.56. The van der Waals surface area contributed by atoms with E-state index in [0.29, 0.717) is 16.4 Å². The molecule has 1 aromatic carbocycles. The monoisotopic (exact) mass is 277 g/mol. The zero-order valence-corrected chi connectivity index (χ0v) is 12.2. The molecule has 0 aliphatic carbocycles. The number of aryl methyl sites for hydroxylation is 1. The molecule has 1 amide bonds. The normalized spacial score (nSPS) is 11.4. The number of para-hydroxylation sites is 1. The van der Waals surface area contributed by atoms with E-state index in [1.807, 2.05) is 19.1 Å². The van der Waals surface area contributed by atoms with Gasteiger partial charge in [-0.1, -0.05) is 23.7 Å². The molecule has 1 N–H and O–H groups in total. The molecule has 19 heavy (non-hydrogen) atoms. The Morgan fingerprint density at radius 2 is 2.05 bits per heavy atom. The minimum atomic E-state index is -0.454. The van der Waals surface area contributed by atoms with Crippen LogP contribution in [0.15, 0.2) is 29.5 Å². The quantitative estimate of drug-likeness (QED) is 0.683. The number of hydrogen-bond donors (Lipinski definition) is 1. The van der Waals surface area contributed by atoms with Crippen LogP contribution in [0.3, 0.4) is 0 Å². The number of nitriles is 1. The third-order valence-corrected chi connectivity index (χ3v) is 3.15. The van der Waals surface area contributed by atoms with Crippen LogP contribution in [0.25, 0.3) is 0 Å². The van der Waals surface area contributed by atoms with Gasteiger partial charge in [0.15, 0.2) is 0 Å². The predicted octanol–water partition coefficient (Wildman–Crippen LogP) is 2.95. The molecule has 0 saturated heterocycles. The highest BCUT2D eigenvalue weighted by atomic mass is 35.5. The Kier molecular flexibility index (Phi) is 4.96. The molecule has 0 saturated carbocycles. The highest BCUT2D eigenvalue weighted by Crippen LogP contribution is 2.25. The van der Waals surface area contributed by atoms with Gasteiger partial charge in [-0.25, -0.2) is 0 Å². The summed E-state index contributed by atoms with van der Waals surface area (Å²) in [6, 6.07) is 7.27. The maximum atomic E-state index is 12.1. The summed E-state index contributed by atoms with van der Waals surface area (Å²) in [4.78, 5) is 13.8. The number of halogens is 1. The van der Waals surface area contributed by atoms with Gasteiger partial charge in [-0.2, -0.15) is 5.26 Å². The first-order valence-electron chi connectivity index (χ1n) is 5.73. The van der Waals surface area contributed by atoms with Gasteiger partial charge in [0.1, 0.15) is 11.6 Å². The van der Waals surface area contributed by atoms with Crippen molar-refractivity contribution in [2.45, 2.75) is 13.8 Å². The largest absolute Gasteiger partial charge is 0.380 e. The fraction of sp³-hybridized carbons (Fsp3) is 0.286. The van der Waals surface area contributed by atoms with E-state index < -0.39 is 5.91 Å². The van der Waals surface area contributed by atoms with Gasteiger partial charge in [-0.3, -0.25) is 4.79 Å². The Morgan fingerprint density at radius 3 is 2.53 bits per heavy atom. The molecule has 0 radical (unpaired) electrons. The van der Waals surface area contributed by atoms with Crippen LogP contribution in [-0.2, 0) is 4.79 Å². The van der Waals surface area contributed by atoms with Crippen molar-refractivity contribution in [3.05, 3.63) is 40.1 Å². The molecular formula is C14H16ClN3O. The van der Waals surface area contributed by atoms with Gasteiger partial charge in [0.05, 0.1) is 10.7 Å². The van der Waals surface area contributed by atoms with Crippen molar-refractivity contribution in [3.8, 4) is 6.07 Å². The minimum Gasteiger partial charge on any atom is -0.380 e. The first kappa shape index (κ1) is 15.1. The number of carbonyl (C=O) groups excluding carboxylic acids is 1. The molecule has 1 aromatic rings. The molecule has 0 atom stereocenters. The van der Waals surface area contributed by atoms with Crippen molar-refractivity contribution in [1.29, 1.82) is 5.26 Å². The smallest absolute Gasteiger partial charge is 0.268 e. The highest BCUT2D eigenvalue weighted by molar-refractivity contribution is 6.34. The molecule has 4 nitrogen and oxygen atoms in total. The Morgan fingerprint density at radius 1 is 1.42 bits per heavy atom. The van der Waals surface area contributed by atoms with Crippen LogP contribution in [-0.4, -0.2) is 24.9 Å². The molecule has 0 spiro atoms. The number of carbonyl (C=O) groups is 1. The standard InChI is InChI=1S/C14H16ClN3O/c1-9-6-5-7-12(15)13(9)17-14(19)11(8-16)10(2)18(3)4/h5-7H,1-4H3,(H,17,19). The molecule has 0 unspecified atom stereocenters. The zero-order valence-electron chi connectivity index (χ0n) is 11.4. The van der Waals surface area contributed by atoms with Crippen LogP contribution < -0.4 is 5.32 Å². The lowest BCUT2D eigenvalue weighted by Crippen LogP contribution is -2.20. The van der Waals surface area contributed by atoms with Gasteiger partial charge in [0, 0.05) is 19.8 Å². The van der Waals surface area contributed by atoms with Gasteiger partial charge < -0.3 is 10.2 Å². The fourth-order valence-electron chi connectivity index (χ4n) is 1.49. The Bertz CT molecular complexity index is 550. The summed E-state index contributed by atoms with van der Waals surface area (Å²) in [7, 11) is 3.56. The second kappa shape index (κ2) is 6.26. The number of amides is 1. The average molecular weight is 278 g/mol. The van der Waals surface area contributed by atoms with Gasteiger partial charge >= 0.3 is 0 Å². The van der Waals surface area contributed by atoms with Crippen molar-refractivity contribution in [2.24, 2.45) is 0 Å². The lowest BCUT2D eigenvalue weighted by Gasteiger charge is -2.15. The van der Waals surface area contributed by atoms with Crippen LogP contribution in [0.1, 0.15) is 12.5 Å². The third-order valence-electron chi connectivity index (χ3n) is 2.83. The number of nitrogens with one attached hydrogen (secondary N) is 1. The van der Waals surface area contributed by atoms with Crippen molar-refractivity contribution in [2.75, 3.05) is 19.4 Å². The summed E-state index contributed by atoms with van der Waals surface area (Å²) >= 11 is 6.04. The van der Waals surface area contributed by atoms with E-state index in [1.54, 1.807) is 38.1 Å². The lowest BCUT2D eigenvalue weighted by atomic mass is 10.1. The van der Waals surface area contributed by atoms with Crippen molar-refractivity contribution in [1.82, 2.24) is 4.90 Å². The Balaban J connectivity index is 3.10. The number of rotatable bonds is 3. The molecular weight excluding hydrogens is 262 g/mol. The highest BCUT2D eigenvalue weighted by Gasteiger charge is 2.16. The minimum absolute atomic E-state index is 0.0734. The van der Waals surface area contributed by atoms with Crippen molar-refractivity contribution in [3.63, 3.8) is 0 Å². The number of benzene rings is 1. The molecule has 100 valence electrons. The van der Waals surface area contributed by atoms with Crippen molar-refractivity contribution >= 4 is 23.2 Å². The second-order valence-corrected chi connectivity index (χ2v) is 4.76. The van der Waals surface area contributed by atoms with Crippen LogP contribution in [0, 0.1) is 18.3 Å². The molecule has 0 aliphatic rings. The SMILES string of the molecule is CC(=C(C#N)C(=O)Nc1c(C)cccc1Cl)N(C)C. The fourth-order valence-corrected chi connectivity index (χ4v) is 1.75. The molecule has 0 aromatic heterocycles. The number of nitrogens with zero attached hydrogens (tertiary/aromatic N) is 2. The summed E-state index contributed by atoms with van der Waals surface area (Å²) in [5, 5.41) is 12.2. The van der Waals surface area contributed by atoms with E-state index in [2.05, 4.69) is 5.32 Å². The van der Waals surface area contributed by atoms with E-state index in [4.69, 9.17) is 16.9 Å². The third kappa shape index (κ3) is 3.49. The number of anilines is 1. The van der Waals surface area contributed by atoms with E-state index in [1.165, 1.54) is 0 Å². The summed E-state index contributed by atoms with van der Waals surface area (Å²) in [5.74, 6) is -0.454. The lowest BCUT2D eigenvalue weighted by molar-refractivity contribution is -0.112. The summed E-state index contributed by atoms with van der Waals surface area (Å²) in [6.07, 6.45) is 0. The maximum absolute atomic E-state index is 12.1. The summed E-state index contributed by atoms with van der Waals surface area (Å²) < 4.78 is 0. The van der Waals surface area contributed by atoms with Crippen molar-refractivity contribution < 1.29 is 4.79 Å². The number of allylic oxidation sites excluding steroid dienone is 1. The first-order valence-corrected chi connectivity index (χ1v) is 6.11. The average Bonchev–Trinajstić information content (AvgIpc) is 2.34. The van der Waals surface area contributed by atoms with Gasteiger partial charge in [0.25, 0.3) is 5.91 Å². The van der Waals surface area contributed by atoms with Gasteiger partial charge in [-0.15, -0.1) is 0 Å². The molecule has 5 heteroatoms. The Hall–Kier alpha value is -1.99. The molecule has 0 bridgehead atoms. The molecule has 0 fully saturated rings. The predicted molar refractivity (Wildman–Crippen MR) is 76.8 cm³/mol. The van der Waals surface area contributed by atoms with Crippen LogP contribution in [0.5, 0.6) is 0 Å². The number of hydrogen-bond acceptors (Lipinski definition) is 3. The van der Waals surface area contributed by atoms with Gasteiger partial charge in [-0.05, 0) is 25.5 Å². The topological polar surface area (TPSA) is 56.1 Å². The first-order chi connectivity index (χ1) is 8.88. The van der Waals surface area contributed by atoms with Crippen LogP contribution in [0.2, 0.25) is 5.02 Å². The maximum Gasteiger partial charge on any atom is 0.268 e. The molecule has 0 aliphatic heterocycles. The summed E-state index contributed by atoms with van der Waals surface area (Å²) in [5.41, 5.74) is 2.06. The van der Waals surface area contributed by atoms with E-state index >= 15 is 0 Å². The van der Waals surface area contributed by atoms with E-state index in [-0.39, 0.29) is 5.57 Å². The zero-order chi connectivity index (χ0) is 14.6. The van der Waals surface area contributed by atoms with Gasteiger partial charge in [0.2, 0.25) is 0 Å². The van der Waals surface area contributed by atoms with E-state index in [9.17, 15) is 4.79 Å². The second-order valence-electron chi connectivity index (χ2n) is 4.35. The van der Waals surface area contributed by atoms with Crippen LogP contribution in [0.4, 0.5) is 5.69 Å². The molecule has 0 heterocycles.